The molecule has 0 saturated heterocycles. The van der Waals surface area contributed by atoms with Crippen molar-refractivity contribution in [3.63, 3.8) is 0 Å². The van der Waals surface area contributed by atoms with Gasteiger partial charge in [0, 0.05) is 27.2 Å². The summed E-state index contributed by atoms with van der Waals surface area (Å²) < 4.78 is 5.21. The third kappa shape index (κ3) is 3.21. The molecule has 1 N–H and O–H groups in total. The number of rotatable bonds is 6. The molecule has 0 bridgehead atoms. The molecular formula is C10H17N3OS. The van der Waals surface area contributed by atoms with Crippen LogP contribution < -0.4 is 15.0 Å². The first-order valence-electron chi connectivity index (χ1n) is 4.71. The van der Waals surface area contributed by atoms with Gasteiger partial charge in [-0.3, -0.25) is 0 Å². The van der Waals surface area contributed by atoms with Crippen molar-refractivity contribution in [3.05, 3.63) is 17.5 Å². The van der Waals surface area contributed by atoms with Crippen molar-refractivity contribution in [2.75, 3.05) is 32.6 Å². The van der Waals surface area contributed by atoms with Gasteiger partial charge in [-0.1, -0.05) is 17.4 Å². The van der Waals surface area contributed by atoms with Gasteiger partial charge in [-0.2, -0.15) is 4.98 Å². The first kappa shape index (κ1) is 12.0. The number of nitrogens with zero attached hydrogens (tertiary/aromatic N) is 2. The van der Waals surface area contributed by atoms with Gasteiger partial charge in [0.15, 0.2) is 5.13 Å². The van der Waals surface area contributed by atoms with Crippen LogP contribution in [0, 0.1) is 0 Å². The zero-order valence-electron chi connectivity index (χ0n) is 9.41. The Balaban J connectivity index is 2.71. The smallest absolute Gasteiger partial charge is 0.230 e. The van der Waals surface area contributed by atoms with E-state index in [0.29, 0.717) is 5.88 Å². The summed E-state index contributed by atoms with van der Waals surface area (Å²) in [5.74, 6) is 0.709. The Morgan fingerprint density at radius 2 is 2.33 bits per heavy atom. The van der Waals surface area contributed by atoms with Gasteiger partial charge >= 0.3 is 0 Å². The van der Waals surface area contributed by atoms with Gasteiger partial charge in [0.05, 0.1) is 12.0 Å². The number of anilines is 1. The van der Waals surface area contributed by atoms with Gasteiger partial charge in [0.1, 0.15) is 0 Å². The molecule has 0 saturated carbocycles. The maximum absolute atomic E-state index is 5.21. The Morgan fingerprint density at radius 1 is 1.60 bits per heavy atom. The van der Waals surface area contributed by atoms with Crippen molar-refractivity contribution in [1.29, 1.82) is 0 Å². The lowest BCUT2D eigenvalue weighted by Crippen LogP contribution is -2.12. The molecule has 0 aromatic carbocycles. The molecule has 0 aliphatic rings. The Hall–Kier alpha value is -1.07. The van der Waals surface area contributed by atoms with Crippen LogP contribution in [0.15, 0.2) is 12.7 Å². The van der Waals surface area contributed by atoms with E-state index < -0.39 is 0 Å². The van der Waals surface area contributed by atoms with E-state index in [1.165, 1.54) is 0 Å². The minimum absolute atomic E-state index is 0.709. The van der Waals surface area contributed by atoms with Gasteiger partial charge in [-0.25, -0.2) is 0 Å². The van der Waals surface area contributed by atoms with E-state index in [4.69, 9.17) is 4.74 Å². The first-order valence-corrected chi connectivity index (χ1v) is 5.53. The lowest BCUT2D eigenvalue weighted by atomic mass is 10.5. The summed E-state index contributed by atoms with van der Waals surface area (Å²) in [5.41, 5.74) is 0. The molecule has 15 heavy (non-hydrogen) atoms. The fourth-order valence-electron chi connectivity index (χ4n) is 1.08. The maximum Gasteiger partial charge on any atom is 0.230 e. The van der Waals surface area contributed by atoms with Gasteiger partial charge in [-0.15, -0.1) is 6.58 Å². The molecule has 0 amide bonds. The van der Waals surface area contributed by atoms with E-state index in [1.54, 1.807) is 18.4 Å². The van der Waals surface area contributed by atoms with Crippen LogP contribution in [0.4, 0.5) is 5.13 Å². The molecular weight excluding hydrogens is 210 g/mol. The van der Waals surface area contributed by atoms with Crippen molar-refractivity contribution in [2.45, 2.75) is 6.54 Å². The van der Waals surface area contributed by atoms with Gasteiger partial charge in [-0.05, 0) is 0 Å². The Kier molecular flexibility index (Phi) is 4.58. The zero-order valence-corrected chi connectivity index (χ0v) is 10.2. The predicted molar refractivity (Wildman–Crippen MR) is 64.9 cm³/mol. The second kappa shape index (κ2) is 5.72. The molecule has 4 nitrogen and oxygen atoms in total. The summed E-state index contributed by atoms with van der Waals surface area (Å²) in [6.45, 7) is 5.21. The molecule has 0 atom stereocenters. The molecule has 1 aromatic heterocycles. The lowest BCUT2D eigenvalue weighted by Gasteiger charge is -2.04. The van der Waals surface area contributed by atoms with Crippen LogP contribution in [-0.2, 0) is 6.54 Å². The van der Waals surface area contributed by atoms with E-state index in [-0.39, 0.29) is 0 Å². The minimum Gasteiger partial charge on any atom is -0.480 e. The molecule has 0 aliphatic heterocycles. The molecule has 1 aromatic rings. The number of nitrogens with one attached hydrogen (secondary N) is 1. The normalized spacial score (nSPS) is 10.1. The molecule has 84 valence electrons. The maximum atomic E-state index is 5.21. The second-order valence-electron chi connectivity index (χ2n) is 3.24. The summed E-state index contributed by atoms with van der Waals surface area (Å²) in [6.07, 6.45) is 1.83. The SMILES string of the molecule is C=CCNCc1sc(N(C)C)nc1OC. The Morgan fingerprint density at radius 3 is 2.87 bits per heavy atom. The average molecular weight is 227 g/mol. The van der Waals surface area contributed by atoms with E-state index in [9.17, 15) is 0 Å². The number of aromatic nitrogens is 1. The Bertz CT molecular complexity index is 322. The fraction of sp³-hybridized carbons (Fsp3) is 0.500. The number of hydrogen-bond acceptors (Lipinski definition) is 5. The third-order valence-corrected chi connectivity index (χ3v) is 3.00. The number of hydrogen-bond donors (Lipinski definition) is 1. The largest absolute Gasteiger partial charge is 0.480 e. The van der Waals surface area contributed by atoms with Crippen molar-refractivity contribution in [1.82, 2.24) is 10.3 Å². The summed E-state index contributed by atoms with van der Waals surface area (Å²) >= 11 is 1.64. The van der Waals surface area contributed by atoms with Crippen molar-refractivity contribution in [2.24, 2.45) is 0 Å². The lowest BCUT2D eigenvalue weighted by molar-refractivity contribution is 0.395. The number of thiazole rings is 1. The van der Waals surface area contributed by atoms with E-state index >= 15 is 0 Å². The molecule has 1 rings (SSSR count). The topological polar surface area (TPSA) is 37.4 Å². The summed E-state index contributed by atoms with van der Waals surface area (Å²) in [4.78, 5) is 7.45. The number of ether oxygens (including phenoxy) is 1. The summed E-state index contributed by atoms with van der Waals surface area (Å²) in [6, 6.07) is 0. The molecule has 1 heterocycles. The highest BCUT2D eigenvalue weighted by molar-refractivity contribution is 7.15. The van der Waals surface area contributed by atoms with E-state index in [2.05, 4.69) is 16.9 Å². The van der Waals surface area contributed by atoms with Crippen LogP contribution in [-0.4, -0.2) is 32.7 Å². The predicted octanol–water partition coefficient (Wildman–Crippen LogP) is 1.49. The molecule has 0 aliphatic carbocycles. The summed E-state index contributed by atoms with van der Waals surface area (Å²) in [5, 5.41) is 4.19. The minimum atomic E-state index is 0.709. The highest BCUT2D eigenvalue weighted by Crippen LogP contribution is 2.29. The molecule has 0 radical (unpaired) electrons. The monoisotopic (exact) mass is 227 g/mol. The van der Waals surface area contributed by atoms with Crippen LogP contribution in [0.5, 0.6) is 5.88 Å². The highest BCUT2D eigenvalue weighted by Gasteiger charge is 2.11. The molecule has 0 unspecified atom stereocenters. The standard InChI is InChI=1S/C10H17N3OS/c1-5-6-11-7-8-9(14-4)12-10(15-8)13(2)3/h5,11H,1,6-7H2,2-4H3. The molecule has 5 heteroatoms. The van der Waals surface area contributed by atoms with Crippen molar-refractivity contribution >= 4 is 16.5 Å². The van der Waals surface area contributed by atoms with Crippen molar-refractivity contribution < 1.29 is 4.74 Å². The number of methoxy groups -OCH3 is 1. The molecule has 0 fully saturated rings. The van der Waals surface area contributed by atoms with Crippen molar-refractivity contribution in [3.8, 4) is 5.88 Å². The zero-order chi connectivity index (χ0) is 11.3. The van der Waals surface area contributed by atoms with Crippen LogP contribution in [0.2, 0.25) is 0 Å². The van der Waals surface area contributed by atoms with Crippen LogP contribution in [0.25, 0.3) is 0 Å². The van der Waals surface area contributed by atoms with Gasteiger partial charge in [0.25, 0.3) is 0 Å². The van der Waals surface area contributed by atoms with Crippen LogP contribution in [0.3, 0.4) is 0 Å². The van der Waals surface area contributed by atoms with Gasteiger partial charge in [0.2, 0.25) is 5.88 Å². The fourth-order valence-corrected chi connectivity index (χ4v) is 2.00. The second-order valence-corrected chi connectivity index (χ2v) is 4.30. The van der Waals surface area contributed by atoms with Crippen LogP contribution in [0.1, 0.15) is 4.88 Å². The van der Waals surface area contributed by atoms with Crippen LogP contribution >= 0.6 is 11.3 Å². The Labute approximate surface area is 94.6 Å². The first-order chi connectivity index (χ1) is 7.19. The summed E-state index contributed by atoms with van der Waals surface area (Å²) in [7, 11) is 5.59. The molecule has 0 spiro atoms. The quantitative estimate of drug-likeness (QED) is 0.590. The van der Waals surface area contributed by atoms with Gasteiger partial charge < -0.3 is 15.0 Å². The average Bonchev–Trinajstić information content (AvgIpc) is 2.62. The van der Waals surface area contributed by atoms with E-state index in [0.717, 1.165) is 23.1 Å². The van der Waals surface area contributed by atoms with E-state index in [1.807, 2.05) is 25.1 Å². The highest BCUT2D eigenvalue weighted by atomic mass is 32.1. The third-order valence-electron chi connectivity index (χ3n) is 1.80.